The Bertz CT molecular complexity index is 335. The van der Waals surface area contributed by atoms with E-state index in [0.717, 1.165) is 0 Å². The maximum absolute atomic E-state index is 10.5. The van der Waals surface area contributed by atoms with Gasteiger partial charge in [-0.05, 0) is 27.6 Å². The van der Waals surface area contributed by atoms with Gasteiger partial charge in [-0.25, -0.2) is 5.90 Å². The molecular weight excluding hydrogens is 275 g/mol. The second-order valence-electron chi connectivity index (χ2n) is 2.35. The predicted octanol–water partition coefficient (Wildman–Crippen LogP) is 2.17. The molecule has 0 radical (unpaired) electrons. The number of halogens is 2. The highest BCUT2D eigenvalue weighted by molar-refractivity contribution is 9.10. The standard InChI is InChI=1S/C7H7BrN2O3.ClH/c8-6-2-1-5(4-13-9)3-7(6)10(11)12;/h1-3H,4,9H2;1H. The average Bonchev–Trinajstić information content (AvgIpc) is 2.08. The molecule has 0 heterocycles. The minimum Gasteiger partial charge on any atom is -0.300 e. The van der Waals surface area contributed by atoms with Crippen molar-refractivity contribution in [2.45, 2.75) is 6.61 Å². The Morgan fingerprint density at radius 2 is 2.21 bits per heavy atom. The maximum atomic E-state index is 10.5. The van der Waals surface area contributed by atoms with Crippen LogP contribution in [0, 0.1) is 10.1 Å². The van der Waals surface area contributed by atoms with Crippen molar-refractivity contribution in [3.63, 3.8) is 0 Å². The zero-order valence-corrected chi connectivity index (χ0v) is 9.38. The summed E-state index contributed by atoms with van der Waals surface area (Å²) in [6, 6.07) is 4.70. The van der Waals surface area contributed by atoms with Crippen LogP contribution in [0.3, 0.4) is 0 Å². The van der Waals surface area contributed by atoms with E-state index in [1.165, 1.54) is 6.07 Å². The summed E-state index contributed by atoms with van der Waals surface area (Å²) in [5.74, 6) is 4.84. The van der Waals surface area contributed by atoms with E-state index in [-0.39, 0.29) is 24.7 Å². The van der Waals surface area contributed by atoms with Crippen molar-refractivity contribution in [3.05, 3.63) is 38.3 Å². The highest BCUT2D eigenvalue weighted by Crippen LogP contribution is 2.25. The molecule has 0 saturated carbocycles. The molecule has 0 unspecified atom stereocenters. The maximum Gasteiger partial charge on any atom is 0.283 e. The van der Waals surface area contributed by atoms with Crippen molar-refractivity contribution in [1.82, 2.24) is 0 Å². The molecule has 0 saturated heterocycles. The Labute approximate surface area is 94.9 Å². The van der Waals surface area contributed by atoms with E-state index in [1.807, 2.05) is 0 Å². The van der Waals surface area contributed by atoms with Gasteiger partial charge in [0.05, 0.1) is 16.0 Å². The molecule has 0 fully saturated rings. The Morgan fingerprint density at radius 1 is 1.57 bits per heavy atom. The predicted molar refractivity (Wildman–Crippen MR) is 57.0 cm³/mol. The summed E-state index contributed by atoms with van der Waals surface area (Å²) >= 11 is 3.07. The average molecular weight is 284 g/mol. The minimum absolute atomic E-state index is 0. The molecule has 7 heteroatoms. The van der Waals surface area contributed by atoms with Crippen molar-refractivity contribution in [2.75, 3.05) is 0 Å². The summed E-state index contributed by atoms with van der Waals surface area (Å²) in [5, 5.41) is 10.5. The molecule has 78 valence electrons. The zero-order valence-electron chi connectivity index (χ0n) is 6.97. The smallest absolute Gasteiger partial charge is 0.283 e. The number of nitro benzene ring substituents is 1. The van der Waals surface area contributed by atoms with Crippen LogP contribution in [0.15, 0.2) is 22.7 Å². The quantitative estimate of drug-likeness (QED) is 0.681. The topological polar surface area (TPSA) is 78.4 Å². The number of hydrogen-bond acceptors (Lipinski definition) is 4. The first-order valence-corrected chi connectivity index (χ1v) is 4.19. The third-order valence-electron chi connectivity index (χ3n) is 1.46. The van der Waals surface area contributed by atoms with Gasteiger partial charge in [0.15, 0.2) is 0 Å². The third kappa shape index (κ3) is 3.22. The Hall–Kier alpha value is -0.690. The molecule has 0 spiro atoms. The molecule has 5 nitrogen and oxygen atoms in total. The molecule has 1 rings (SSSR count). The van der Waals surface area contributed by atoms with Crippen molar-refractivity contribution < 1.29 is 9.76 Å². The molecule has 1 aromatic carbocycles. The zero-order chi connectivity index (χ0) is 9.84. The van der Waals surface area contributed by atoms with Gasteiger partial charge < -0.3 is 0 Å². The summed E-state index contributed by atoms with van der Waals surface area (Å²) in [6.45, 7) is 0.161. The molecule has 14 heavy (non-hydrogen) atoms. The highest BCUT2D eigenvalue weighted by atomic mass is 79.9. The first kappa shape index (κ1) is 13.3. The van der Waals surface area contributed by atoms with E-state index in [1.54, 1.807) is 12.1 Å². The summed E-state index contributed by atoms with van der Waals surface area (Å²) in [5.41, 5.74) is 0.673. The van der Waals surface area contributed by atoms with Crippen LogP contribution in [-0.4, -0.2) is 4.92 Å². The van der Waals surface area contributed by atoms with Gasteiger partial charge in [-0.1, -0.05) is 6.07 Å². The van der Waals surface area contributed by atoms with Gasteiger partial charge in [0.1, 0.15) is 0 Å². The molecule has 2 N–H and O–H groups in total. The molecule has 0 bridgehead atoms. The Kier molecular flexibility index (Phi) is 5.63. The lowest BCUT2D eigenvalue weighted by molar-refractivity contribution is -0.385. The monoisotopic (exact) mass is 282 g/mol. The van der Waals surface area contributed by atoms with E-state index in [2.05, 4.69) is 20.8 Å². The molecule has 1 aromatic rings. The fraction of sp³-hybridized carbons (Fsp3) is 0.143. The largest absolute Gasteiger partial charge is 0.300 e. The number of nitrogens with two attached hydrogens (primary N) is 1. The summed E-state index contributed by atoms with van der Waals surface area (Å²) in [7, 11) is 0. The van der Waals surface area contributed by atoms with Crippen LogP contribution in [0.2, 0.25) is 0 Å². The molecule has 0 amide bonds. The fourth-order valence-electron chi connectivity index (χ4n) is 0.884. The summed E-state index contributed by atoms with van der Waals surface area (Å²) in [6.07, 6.45) is 0. The third-order valence-corrected chi connectivity index (χ3v) is 2.13. The summed E-state index contributed by atoms with van der Waals surface area (Å²) < 4.78 is 0.443. The SMILES string of the molecule is Cl.NOCc1ccc(Br)c([N+](=O)[O-])c1. The number of benzene rings is 1. The number of rotatable bonds is 3. The van der Waals surface area contributed by atoms with E-state index in [0.29, 0.717) is 10.0 Å². The molecule has 0 aromatic heterocycles. The first-order chi connectivity index (χ1) is 6.15. The van der Waals surface area contributed by atoms with Gasteiger partial charge in [0.25, 0.3) is 5.69 Å². The van der Waals surface area contributed by atoms with Crippen LogP contribution >= 0.6 is 28.3 Å². The second kappa shape index (κ2) is 5.92. The van der Waals surface area contributed by atoms with Gasteiger partial charge in [-0.2, -0.15) is 0 Å². The molecule has 0 atom stereocenters. The van der Waals surface area contributed by atoms with Crippen LogP contribution in [0.25, 0.3) is 0 Å². The van der Waals surface area contributed by atoms with Crippen LogP contribution < -0.4 is 5.90 Å². The molecule has 0 aliphatic rings. The van der Waals surface area contributed by atoms with Crippen molar-refractivity contribution >= 4 is 34.0 Å². The van der Waals surface area contributed by atoms with Crippen molar-refractivity contribution in [1.29, 1.82) is 0 Å². The second-order valence-corrected chi connectivity index (χ2v) is 3.21. The lowest BCUT2D eigenvalue weighted by atomic mass is 10.2. The van der Waals surface area contributed by atoms with Crippen LogP contribution in [0.5, 0.6) is 0 Å². The normalized spacial score (nSPS) is 9.29. The van der Waals surface area contributed by atoms with E-state index >= 15 is 0 Å². The Balaban J connectivity index is 0.00000169. The highest BCUT2D eigenvalue weighted by Gasteiger charge is 2.11. The number of nitrogens with zero attached hydrogens (tertiary/aromatic N) is 1. The molecule has 0 aliphatic heterocycles. The number of nitro groups is 1. The van der Waals surface area contributed by atoms with Gasteiger partial charge in [0.2, 0.25) is 0 Å². The van der Waals surface area contributed by atoms with E-state index < -0.39 is 4.92 Å². The van der Waals surface area contributed by atoms with Crippen LogP contribution in [-0.2, 0) is 11.4 Å². The number of hydrogen-bond donors (Lipinski definition) is 1. The lowest BCUT2D eigenvalue weighted by Crippen LogP contribution is -1.99. The molecular formula is C7H8BrClN2O3. The van der Waals surface area contributed by atoms with Gasteiger partial charge >= 0.3 is 0 Å². The fourth-order valence-corrected chi connectivity index (χ4v) is 1.28. The summed E-state index contributed by atoms with van der Waals surface area (Å²) in [4.78, 5) is 14.4. The molecule has 0 aliphatic carbocycles. The Morgan fingerprint density at radius 3 is 2.71 bits per heavy atom. The van der Waals surface area contributed by atoms with Gasteiger partial charge in [-0.15, -0.1) is 12.4 Å². The van der Waals surface area contributed by atoms with Crippen LogP contribution in [0.4, 0.5) is 5.69 Å². The van der Waals surface area contributed by atoms with Crippen molar-refractivity contribution in [3.8, 4) is 0 Å². The van der Waals surface area contributed by atoms with Gasteiger partial charge in [-0.3, -0.25) is 15.0 Å². The van der Waals surface area contributed by atoms with Crippen LogP contribution in [0.1, 0.15) is 5.56 Å². The van der Waals surface area contributed by atoms with Crippen molar-refractivity contribution in [2.24, 2.45) is 5.90 Å². The van der Waals surface area contributed by atoms with E-state index in [4.69, 9.17) is 5.90 Å². The first-order valence-electron chi connectivity index (χ1n) is 3.39. The van der Waals surface area contributed by atoms with E-state index in [9.17, 15) is 10.1 Å². The minimum atomic E-state index is -0.468. The van der Waals surface area contributed by atoms with Gasteiger partial charge in [0, 0.05) is 6.07 Å². The lowest BCUT2D eigenvalue weighted by Gasteiger charge is -1.99.